The van der Waals surface area contributed by atoms with E-state index in [1.54, 1.807) is 0 Å². The van der Waals surface area contributed by atoms with E-state index >= 15 is 0 Å². The smallest absolute Gasteiger partial charge is 0.0329 e. The molecule has 0 amide bonds. The Morgan fingerprint density at radius 1 is 1.11 bits per heavy atom. The van der Waals surface area contributed by atoms with Gasteiger partial charge < -0.3 is 5.73 Å². The van der Waals surface area contributed by atoms with Crippen molar-refractivity contribution in [1.29, 1.82) is 0 Å². The molecule has 0 bridgehead atoms. The van der Waals surface area contributed by atoms with Gasteiger partial charge in [0.15, 0.2) is 0 Å². The van der Waals surface area contributed by atoms with Gasteiger partial charge in [-0.2, -0.15) is 0 Å². The molecule has 1 aliphatic heterocycles. The normalized spacial score (nSPS) is 23.0. The fourth-order valence-electron chi connectivity index (χ4n) is 3.11. The lowest BCUT2D eigenvalue weighted by atomic mass is 9.82. The molecule has 1 aliphatic rings. The summed E-state index contributed by atoms with van der Waals surface area (Å²) in [6, 6.07) is 0.322. The molecule has 1 heterocycles. The molecule has 1 fully saturated rings. The first-order chi connectivity index (χ1) is 8.29. The minimum absolute atomic E-state index is 0.217. The van der Waals surface area contributed by atoms with Crippen LogP contribution in [-0.2, 0) is 0 Å². The van der Waals surface area contributed by atoms with Gasteiger partial charge in [0.2, 0.25) is 0 Å². The highest BCUT2D eigenvalue weighted by atomic mass is 15.2. The van der Waals surface area contributed by atoms with Gasteiger partial charge >= 0.3 is 0 Å². The van der Waals surface area contributed by atoms with Gasteiger partial charge in [-0.3, -0.25) is 4.90 Å². The zero-order valence-electron chi connectivity index (χ0n) is 13.3. The second kappa shape index (κ2) is 6.38. The Labute approximate surface area is 114 Å². The Bertz CT molecular complexity index is 238. The van der Waals surface area contributed by atoms with Crippen LogP contribution < -0.4 is 5.73 Å². The lowest BCUT2D eigenvalue weighted by molar-refractivity contribution is 0.0941. The summed E-state index contributed by atoms with van der Waals surface area (Å²) in [5.74, 6) is 0. The predicted molar refractivity (Wildman–Crippen MR) is 80.8 cm³/mol. The van der Waals surface area contributed by atoms with E-state index < -0.39 is 0 Å². The summed E-state index contributed by atoms with van der Waals surface area (Å²) >= 11 is 0. The van der Waals surface area contributed by atoms with Gasteiger partial charge in [-0.15, -0.1) is 0 Å². The molecule has 18 heavy (non-hydrogen) atoms. The Morgan fingerprint density at radius 2 is 1.67 bits per heavy atom. The first-order valence-corrected chi connectivity index (χ1v) is 7.80. The SMILES string of the molecule is CCC(C)(C(N)CCCC(C)(C)C)N1CCCC1. The maximum Gasteiger partial charge on any atom is 0.0329 e. The minimum atomic E-state index is 0.217. The summed E-state index contributed by atoms with van der Waals surface area (Å²) in [7, 11) is 0. The molecule has 2 atom stereocenters. The third-order valence-corrected chi connectivity index (χ3v) is 4.78. The molecular formula is C16H34N2. The number of nitrogens with zero attached hydrogens (tertiary/aromatic N) is 1. The van der Waals surface area contributed by atoms with Gasteiger partial charge in [-0.05, 0) is 57.5 Å². The highest BCUT2D eigenvalue weighted by Gasteiger charge is 2.37. The fourth-order valence-corrected chi connectivity index (χ4v) is 3.11. The third kappa shape index (κ3) is 4.24. The van der Waals surface area contributed by atoms with Crippen LogP contribution in [0, 0.1) is 5.41 Å². The van der Waals surface area contributed by atoms with E-state index in [2.05, 4.69) is 39.5 Å². The van der Waals surface area contributed by atoms with Crippen molar-refractivity contribution in [1.82, 2.24) is 4.90 Å². The highest BCUT2D eigenvalue weighted by Crippen LogP contribution is 2.30. The predicted octanol–water partition coefficient (Wildman–Crippen LogP) is 3.79. The van der Waals surface area contributed by atoms with Crippen LogP contribution in [0.1, 0.15) is 73.1 Å². The first kappa shape index (κ1) is 16.0. The van der Waals surface area contributed by atoms with Crippen molar-refractivity contribution in [3.63, 3.8) is 0 Å². The maximum absolute atomic E-state index is 6.53. The standard InChI is InChI=1S/C16H34N2/c1-6-16(5,18-12-7-8-13-18)14(17)10-9-11-15(2,3)4/h14H,6-13,17H2,1-5H3. The molecule has 108 valence electrons. The van der Waals surface area contributed by atoms with Crippen molar-refractivity contribution in [3.8, 4) is 0 Å². The topological polar surface area (TPSA) is 29.3 Å². The molecule has 0 aromatic heterocycles. The first-order valence-electron chi connectivity index (χ1n) is 7.80. The molecule has 0 aromatic rings. The Balaban J connectivity index is 2.48. The van der Waals surface area contributed by atoms with Gasteiger partial charge in [-0.1, -0.05) is 34.1 Å². The van der Waals surface area contributed by atoms with Crippen molar-refractivity contribution >= 4 is 0 Å². The van der Waals surface area contributed by atoms with Gasteiger partial charge in [-0.25, -0.2) is 0 Å². The van der Waals surface area contributed by atoms with E-state index in [1.807, 2.05) is 0 Å². The van der Waals surface area contributed by atoms with E-state index in [4.69, 9.17) is 5.73 Å². The quantitative estimate of drug-likeness (QED) is 0.781. The third-order valence-electron chi connectivity index (χ3n) is 4.78. The van der Waals surface area contributed by atoms with Gasteiger partial charge in [0.25, 0.3) is 0 Å². The zero-order chi connectivity index (χ0) is 13.8. The minimum Gasteiger partial charge on any atom is -0.326 e. The molecule has 0 aromatic carbocycles. The number of rotatable bonds is 6. The van der Waals surface area contributed by atoms with Crippen molar-refractivity contribution in [2.45, 2.75) is 84.7 Å². The van der Waals surface area contributed by atoms with Gasteiger partial charge in [0.1, 0.15) is 0 Å². The summed E-state index contributed by atoms with van der Waals surface area (Å²) in [4.78, 5) is 2.63. The molecule has 0 saturated carbocycles. The van der Waals surface area contributed by atoms with E-state index in [0.717, 1.165) is 6.42 Å². The van der Waals surface area contributed by atoms with Crippen molar-refractivity contribution < 1.29 is 0 Å². The van der Waals surface area contributed by atoms with Crippen LogP contribution in [0.4, 0.5) is 0 Å². The molecule has 2 unspecified atom stereocenters. The lowest BCUT2D eigenvalue weighted by Crippen LogP contribution is -2.56. The Kier molecular flexibility index (Phi) is 5.67. The second-order valence-electron chi connectivity index (χ2n) is 7.46. The number of nitrogens with two attached hydrogens (primary N) is 1. The van der Waals surface area contributed by atoms with Crippen LogP contribution in [0.15, 0.2) is 0 Å². The van der Waals surface area contributed by atoms with Crippen LogP contribution in [0.2, 0.25) is 0 Å². The monoisotopic (exact) mass is 254 g/mol. The second-order valence-corrected chi connectivity index (χ2v) is 7.46. The molecule has 1 rings (SSSR count). The summed E-state index contributed by atoms with van der Waals surface area (Å²) in [5.41, 5.74) is 7.19. The lowest BCUT2D eigenvalue weighted by Gasteiger charge is -2.43. The maximum atomic E-state index is 6.53. The molecule has 0 aliphatic carbocycles. The fraction of sp³-hybridized carbons (Fsp3) is 1.00. The summed E-state index contributed by atoms with van der Waals surface area (Å²) in [6.45, 7) is 14.1. The number of hydrogen-bond donors (Lipinski definition) is 1. The van der Waals surface area contributed by atoms with Crippen LogP contribution in [0.3, 0.4) is 0 Å². The van der Waals surface area contributed by atoms with E-state index in [1.165, 1.54) is 45.2 Å². The zero-order valence-corrected chi connectivity index (χ0v) is 13.3. The molecule has 0 spiro atoms. The molecule has 2 nitrogen and oxygen atoms in total. The molecule has 2 N–H and O–H groups in total. The average Bonchev–Trinajstić information content (AvgIpc) is 2.79. The van der Waals surface area contributed by atoms with Crippen molar-refractivity contribution in [2.75, 3.05) is 13.1 Å². The van der Waals surface area contributed by atoms with E-state index in [-0.39, 0.29) is 5.54 Å². The van der Waals surface area contributed by atoms with Crippen LogP contribution in [0.5, 0.6) is 0 Å². The van der Waals surface area contributed by atoms with Gasteiger partial charge in [0, 0.05) is 11.6 Å². The number of hydrogen-bond acceptors (Lipinski definition) is 2. The molecule has 0 radical (unpaired) electrons. The van der Waals surface area contributed by atoms with Crippen molar-refractivity contribution in [2.24, 2.45) is 11.1 Å². The summed E-state index contributed by atoms with van der Waals surface area (Å²) in [5, 5.41) is 0. The van der Waals surface area contributed by atoms with Crippen LogP contribution in [0.25, 0.3) is 0 Å². The van der Waals surface area contributed by atoms with E-state index in [0.29, 0.717) is 11.5 Å². The Morgan fingerprint density at radius 3 is 2.11 bits per heavy atom. The van der Waals surface area contributed by atoms with Crippen LogP contribution >= 0.6 is 0 Å². The summed E-state index contributed by atoms with van der Waals surface area (Å²) in [6.07, 6.45) is 7.57. The summed E-state index contributed by atoms with van der Waals surface area (Å²) < 4.78 is 0. The average molecular weight is 254 g/mol. The number of likely N-dealkylation sites (tertiary alicyclic amines) is 1. The molecular weight excluding hydrogens is 220 g/mol. The Hall–Kier alpha value is -0.0800. The van der Waals surface area contributed by atoms with Gasteiger partial charge in [0.05, 0.1) is 0 Å². The van der Waals surface area contributed by atoms with Crippen molar-refractivity contribution in [3.05, 3.63) is 0 Å². The largest absolute Gasteiger partial charge is 0.326 e. The van der Waals surface area contributed by atoms with E-state index in [9.17, 15) is 0 Å². The highest BCUT2D eigenvalue weighted by molar-refractivity contribution is 4.96. The molecule has 2 heteroatoms. The molecule has 1 saturated heterocycles. The van der Waals surface area contributed by atoms with Crippen LogP contribution in [-0.4, -0.2) is 29.6 Å².